The van der Waals surface area contributed by atoms with E-state index in [9.17, 15) is 4.79 Å². The summed E-state index contributed by atoms with van der Waals surface area (Å²) in [5.41, 5.74) is 2.14. The van der Waals surface area contributed by atoms with Crippen LogP contribution in [-0.4, -0.2) is 12.5 Å². The van der Waals surface area contributed by atoms with Gasteiger partial charge >= 0.3 is 0 Å². The van der Waals surface area contributed by atoms with Crippen LogP contribution in [0.1, 0.15) is 38.2 Å². The van der Waals surface area contributed by atoms with Crippen molar-refractivity contribution in [1.29, 1.82) is 0 Å². The van der Waals surface area contributed by atoms with E-state index in [1.807, 2.05) is 12.1 Å². The first-order valence-corrected chi connectivity index (χ1v) is 6.90. The normalized spacial score (nSPS) is 15.2. The highest BCUT2D eigenvalue weighted by atomic mass is 16.1. The quantitative estimate of drug-likeness (QED) is 0.758. The van der Waals surface area contributed by atoms with Gasteiger partial charge in [0, 0.05) is 18.2 Å². The van der Waals surface area contributed by atoms with Gasteiger partial charge < -0.3 is 10.6 Å². The summed E-state index contributed by atoms with van der Waals surface area (Å²) in [7, 11) is 0. The molecule has 1 aliphatic rings. The van der Waals surface area contributed by atoms with Gasteiger partial charge in [0.2, 0.25) is 5.91 Å². The molecule has 1 amide bonds. The molecule has 1 aliphatic carbocycles. The molecule has 2 rings (SSSR count). The number of rotatable bonds is 6. The van der Waals surface area contributed by atoms with E-state index in [4.69, 9.17) is 0 Å². The predicted octanol–water partition coefficient (Wildman–Crippen LogP) is 2.92. The van der Waals surface area contributed by atoms with Gasteiger partial charge in [0.1, 0.15) is 0 Å². The molecule has 0 aromatic heterocycles. The lowest BCUT2D eigenvalue weighted by Gasteiger charge is -2.24. The number of hydrogen-bond acceptors (Lipinski definition) is 2. The maximum Gasteiger partial charge on any atom is 0.227 e. The van der Waals surface area contributed by atoms with Crippen LogP contribution >= 0.6 is 0 Å². The molecule has 3 nitrogen and oxygen atoms in total. The molecule has 1 fully saturated rings. The van der Waals surface area contributed by atoms with Crippen molar-refractivity contribution in [3.8, 4) is 0 Å². The zero-order chi connectivity index (χ0) is 12.8. The Morgan fingerprint density at radius 2 is 2.22 bits per heavy atom. The van der Waals surface area contributed by atoms with Gasteiger partial charge in [-0.1, -0.05) is 25.5 Å². The molecule has 3 heteroatoms. The Balaban J connectivity index is 1.87. The average Bonchev–Trinajstić information content (AvgIpc) is 2.27. The van der Waals surface area contributed by atoms with Crippen LogP contribution in [0, 0.1) is 5.92 Å². The third kappa shape index (κ3) is 3.57. The molecular formula is C15H22N2O. The lowest BCUT2D eigenvalue weighted by Crippen LogP contribution is -2.28. The van der Waals surface area contributed by atoms with E-state index in [2.05, 4.69) is 29.7 Å². The van der Waals surface area contributed by atoms with Gasteiger partial charge in [-0.3, -0.25) is 4.79 Å². The Kier molecular flexibility index (Phi) is 4.76. The fraction of sp³-hybridized carbons (Fsp3) is 0.533. The van der Waals surface area contributed by atoms with Crippen molar-refractivity contribution in [2.45, 2.75) is 39.2 Å². The monoisotopic (exact) mass is 246 g/mol. The lowest BCUT2D eigenvalue weighted by molar-refractivity contribution is -0.122. The Hall–Kier alpha value is -1.35. The number of carbonyl (C=O) groups excluding carboxylic acids is 1. The molecule has 1 aromatic rings. The number of carbonyl (C=O) groups is 1. The number of hydrogen-bond donors (Lipinski definition) is 2. The smallest absolute Gasteiger partial charge is 0.227 e. The Labute approximate surface area is 109 Å². The van der Waals surface area contributed by atoms with Gasteiger partial charge in [-0.2, -0.15) is 0 Å². The van der Waals surface area contributed by atoms with Crippen molar-refractivity contribution >= 4 is 11.6 Å². The van der Waals surface area contributed by atoms with Gasteiger partial charge in [0.25, 0.3) is 0 Å². The second kappa shape index (κ2) is 6.55. The van der Waals surface area contributed by atoms with Gasteiger partial charge in [0.15, 0.2) is 0 Å². The molecule has 1 saturated carbocycles. The van der Waals surface area contributed by atoms with E-state index in [1.165, 1.54) is 12.0 Å². The van der Waals surface area contributed by atoms with E-state index < -0.39 is 0 Å². The molecule has 0 unspecified atom stereocenters. The summed E-state index contributed by atoms with van der Waals surface area (Å²) in [6.07, 6.45) is 4.42. The van der Waals surface area contributed by atoms with E-state index in [0.29, 0.717) is 0 Å². The van der Waals surface area contributed by atoms with Crippen molar-refractivity contribution in [2.75, 3.05) is 11.9 Å². The Bertz CT molecular complexity index is 399. The van der Waals surface area contributed by atoms with Crippen LogP contribution < -0.4 is 10.6 Å². The van der Waals surface area contributed by atoms with Gasteiger partial charge in [0.05, 0.1) is 0 Å². The number of benzene rings is 1. The summed E-state index contributed by atoms with van der Waals surface area (Å²) >= 11 is 0. The van der Waals surface area contributed by atoms with Crippen molar-refractivity contribution in [3.63, 3.8) is 0 Å². The van der Waals surface area contributed by atoms with Gasteiger partial charge in [-0.15, -0.1) is 0 Å². The van der Waals surface area contributed by atoms with E-state index in [0.717, 1.165) is 38.0 Å². The molecular weight excluding hydrogens is 224 g/mol. The summed E-state index contributed by atoms with van der Waals surface area (Å²) in [6.45, 7) is 4.04. The summed E-state index contributed by atoms with van der Waals surface area (Å²) in [6, 6.07) is 8.10. The molecule has 2 N–H and O–H groups in total. The molecule has 0 radical (unpaired) electrons. The Morgan fingerprint density at radius 1 is 1.39 bits per heavy atom. The fourth-order valence-electron chi connectivity index (χ4n) is 2.08. The number of nitrogens with one attached hydrogen (secondary N) is 2. The van der Waals surface area contributed by atoms with Crippen LogP contribution in [0.4, 0.5) is 5.69 Å². The van der Waals surface area contributed by atoms with Crippen LogP contribution in [0.15, 0.2) is 24.3 Å². The summed E-state index contributed by atoms with van der Waals surface area (Å²) in [4.78, 5) is 11.8. The van der Waals surface area contributed by atoms with Crippen molar-refractivity contribution in [1.82, 2.24) is 5.32 Å². The molecule has 18 heavy (non-hydrogen) atoms. The van der Waals surface area contributed by atoms with Crippen molar-refractivity contribution < 1.29 is 4.79 Å². The predicted molar refractivity (Wildman–Crippen MR) is 74.4 cm³/mol. The van der Waals surface area contributed by atoms with Crippen LogP contribution in [0.2, 0.25) is 0 Å². The van der Waals surface area contributed by atoms with Crippen LogP contribution in [0.5, 0.6) is 0 Å². The molecule has 0 saturated heterocycles. The Morgan fingerprint density at radius 3 is 2.89 bits per heavy atom. The minimum Gasteiger partial charge on any atom is -0.326 e. The first kappa shape index (κ1) is 13.1. The topological polar surface area (TPSA) is 41.1 Å². The highest BCUT2D eigenvalue weighted by molar-refractivity contribution is 5.93. The van der Waals surface area contributed by atoms with Crippen LogP contribution in [0.3, 0.4) is 0 Å². The third-order valence-electron chi connectivity index (χ3n) is 3.43. The van der Waals surface area contributed by atoms with Crippen LogP contribution in [-0.2, 0) is 11.3 Å². The van der Waals surface area contributed by atoms with Crippen LogP contribution in [0.25, 0.3) is 0 Å². The molecule has 98 valence electrons. The highest BCUT2D eigenvalue weighted by Gasteiger charge is 2.24. The maximum atomic E-state index is 11.8. The number of anilines is 1. The van der Waals surface area contributed by atoms with Crippen molar-refractivity contribution in [3.05, 3.63) is 29.8 Å². The molecule has 1 aromatic carbocycles. The summed E-state index contributed by atoms with van der Waals surface area (Å²) in [5.74, 6) is 0.423. The van der Waals surface area contributed by atoms with E-state index >= 15 is 0 Å². The number of amides is 1. The molecule has 0 bridgehead atoms. The molecule has 0 aliphatic heterocycles. The summed E-state index contributed by atoms with van der Waals surface area (Å²) < 4.78 is 0. The SMILES string of the molecule is CCCNCc1cccc(NC(=O)C2CCC2)c1. The first-order valence-electron chi connectivity index (χ1n) is 6.90. The largest absolute Gasteiger partial charge is 0.326 e. The van der Waals surface area contributed by atoms with Crippen molar-refractivity contribution in [2.24, 2.45) is 5.92 Å². The standard InChI is InChI=1S/C15H22N2O/c1-2-9-16-11-12-5-3-8-14(10-12)17-15(18)13-6-4-7-13/h3,5,8,10,13,16H,2,4,6-7,9,11H2,1H3,(H,17,18). The lowest BCUT2D eigenvalue weighted by atomic mass is 9.85. The van der Waals surface area contributed by atoms with Gasteiger partial charge in [-0.25, -0.2) is 0 Å². The van der Waals surface area contributed by atoms with Gasteiger partial charge in [-0.05, 0) is 43.5 Å². The summed E-state index contributed by atoms with van der Waals surface area (Å²) in [5, 5.41) is 6.37. The first-order chi connectivity index (χ1) is 8.79. The molecule has 0 heterocycles. The minimum atomic E-state index is 0.180. The minimum absolute atomic E-state index is 0.180. The zero-order valence-electron chi connectivity index (χ0n) is 11.0. The second-order valence-corrected chi connectivity index (χ2v) is 4.99. The van der Waals surface area contributed by atoms with E-state index in [-0.39, 0.29) is 11.8 Å². The third-order valence-corrected chi connectivity index (χ3v) is 3.43. The molecule has 0 spiro atoms. The van der Waals surface area contributed by atoms with E-state index in [1.54, 1.807) is 0 Å². The molecule has 0 atom stereocenters. The maximum absolute atomic E-state index is 11.8. The highest BCUT2D eigenvalue weighted by Crippen LogP contribution is 2.27. The zero-order valence-corrected chi connectivity index (χ0v) is 11.0. The second-order valence-electron chi connectivity index (χ2n) is 4.99. The average molecular weight is 246 g/mol. The fourth-order valence-corrected chi connectivity index (χ4v) is 2.08.